The Morgan fingerprint density at radius 1 is 1.27 bits per heavy atom. The van der Waals surface area contributed by atoms with E-state index in [0.717, 1.165) is 16.7 Å². The fourth-order valence-electron chi connectivity index (χ4n) is 2.21. The molecule has 0 saturated heterocycles. The second-order valence-electron chi connectivity index (χ2n) is 6.63. The topological polar surface area (TPSA) is 103 Å². The summed E-state index contributed by atoms with van der Waals surface area (Å²) in [5.41, 5.74) is 7.48. The first kappa shape index (κ1) is 21.2. The molecule has 0 aliphatic carbocycles. The van der Waals surface area contributed by atoms with Gasteiger partial charge >= 0.3 is 12.1 Å². The second kappa shape index (κ2) is 9.60. The van der Waals surface area contributed by atoms with Gasteiger partial charge in [0.25, 0.3) is 0 Å². The number of amides is 1. The summed E-state index contributed by atoms with van der Waals surface area (Å²) in [5, 5.41) is 2.55. The van der Waals surface area contributed by atoms with Gasteiger partial charge in [0.15, 0.2) is 0 Å². The number of hydrogen-bond acceptors (Lipinski definition) is 6. The van der Waals surface area contributed by atoms with Crippen molar-refractivity contribution >= 4 is 23.9 Å². The normalized spacial score (nSPS) is 13.3. The zero-order valence-corrected chi connectivity index (χ0v) is 15.9. The number of alkyl carbamates (subject to hydrolysis) is 1. The van der Waals surface area contributed by atoms with Gasteiger partial charge in [-0.25, -0.2) is 9.59 Å². The van der Waals surface area contributed by atoms with E-state index in [-0.39, 0.29) is 6.42 Å². The number of esters is 1. The molecule has 7 nitrogen and oxygen atoms in total. The lowest BCUT2D eigenvalue weighted by atomic mass is 10.0. The maximum absolute atomic E-state index is 12.0. The van der Waals surface area contributed by atoms with Crippen LogP contribution in [0.15, 0.2) is 35.5 Å². The average molecular weight is 361 g/mol. The highest BCUT2D eigenvalue weighted by atomic mass is 16.6. The summed E-state index contributed by atoms with van der Waals surface area (Å²) in [4.78, 5) is 27.9. The minimum atomic E-state index is -0.845. The third-order valence-electron chi connectivity index (χ3n) is 3.35. The second-order valence-corrected chi connectivity index (χ2v) is 6.63. The molecular formula is C19H27N3O4. The molecule has 0 heterocycles. The van der Waals surface area contributed by atoms with Gasteiger partial charge < -0.3 is 20.5 Å². The van der Waals surface area contributed by atoms with Crippen molar-refractivity contribution in [1.82, 2.24) is 5.32 Å². The third-order valence-corrected chi connectivity index (χ3v) is 3.35. The van der Waals surface area contributed by atoms with E-state index in [1.54, 1.807) is 34.0 Å². The van der Waals surface area contributed by atoms with Crippen molar-refractivity contribution in [2.24, 2.45) is 10.7 Å². The van der Waals surface area contributed by atoms with Gasteiger partial charge in [0, 0.05) is 31.5 Å². The van der Waals surface area contributed by atoms with Crippen molar-refractivity contribution in [3.63, 3.8) is 0 Å². The standard InChI is InChI=1S/C19H27N3O4/c1-19(2,3)26-18(24)22-16(17(23)25-5)10-13-6-8-14(9-7-13)15(11-20)12-21-4/h6-9,11-12,16H,10,20H2,1-5H3,(H,22,24)/b15-11+,21-12?/t16-/m0/s1. The first-order chi connectivity index (χ1) is 12.2. The van der Waals surface area contributed by atoms with Gasteiger partial charge in [-0.1, -0.05) is 24.3 Å². The summed E-state index contributed by atoms with van der Waals surface area (Å²) in [5.74, 6) is -0.541. The number of rotatable bonds is 6. The van der Waals surface area contributed by atoms with E-state index in [9.17, 15) is 9.59 Å². The Morgan fingerprint density at radius 3 is 2.35 bits per heavy atom. The molecule has 0 spiro atoms. The Kier molecular flexibility index (Phi) is 7.83. The minimum absolute atomic E-state index is 0.274. The molecule has 0 unspecified atom stereocenters. The maximum Gasteiger partial charge on any atom is 0.408 e. The molecule has 1 aromatic rings. The molecule has 0 radical (unpaired) electrons. The number of carbonyl (C=O) groups is 2. The van der Waals surface area contributed by atoms with E-state index in [1.165, 1.54) is 13.3 Å². The Morgan fingerprint density at radius 2 is 1.88 bits per heavy atom. The van der Waals surface area contributed by atoms with Gasteiger partial charge in [-0.3, -0.25) is 4.99 Å². The van der Waals surface area contributed by atoms with Crippen LogP contribution in [0.25, 0.3) is 5.57 Å². The van der Waals surface area contributed by atoms with Crippen LogP contribution >= 0.6 is 0 Å². The molecule has 0 aliphatic rings. The number of hydrogen-bond donors (Lipinski definition) is 2. The van der Waals surface area contributed by atoms with Crippen molar-refractivity contribution < 1.29 is 19.1 Å². The van der Waals surface area contributed by atoms with Gasteiger partial charge in [0.05, 0.1) is 7.11 Å². The Hall–Kier alpha value is -2.83. The molecule has 0 aliphatic heterocycles. The van der Waals surface area contributed by atoms with Crippen LogP contribution in [0.2, 0.25) is 0 Å². The van der Waals surface area contributed by atoms with Gasteiger partial charge in [-0.15, -0.1) is 0 Å². The average Bonchev–Trinajstić information content (AvgIpc) is 2.57. The van der Waals surface area contributed by atoms with E-state index in [0.29, 0.717) is 0 Å². The summed E-state index contributed by atoms with van der Waals surface area (Å²) in [6.07, 6.45) is 2.74. The molecule has 142 valence electrons. The number of nitrogens with one attached hydrogen (secondary N) is 1. The van der Waals surface area contributed by atoms with Crippen molar-refractivity contribution in [2.75, 3.05) is 14.2 Å². The van der Waals surface area contributed by atoms with Crippen molar-refractivity contribution in [3.8, 4) is 0 Å². The summed E-state index contributed by atoms with van der Waals surface area (Å²) in [6.45, 7) is 5.25. The van der Waals surface area contributed by atoms with Gasteiger partial charge in [-0.05, 0) is 31.9 Å². The summed E-state index contributed by atoms with van der Waals surface area (Å²) >= 11 is 0. The van der Waals surface area contributed by atoms with E-state index in [4.69, 9.17) is 15.2 Å². The van der Waals surface area contributed by atoms with Crippen molar-refractivity contribution in [3.05, 3.63) is 41.6 Å². The summed E-state index contributed by atoms with van der Waals surface area (Å²) in [7, 11) is 2.94. The van der Waals surface area contributed by atoms with Gasteiger partial charge in [0.2, 0.25) is 0 Å². The van der Waals surface area contributed by atoms with E-state index in [1.807, 2.05) is 24.3 Å². The number of aliphatic imine (C=N–C) groups is 1. The number of methoxy groups -OCH3 is 1. The summed E-state index contributed by atoms with van der Waals surface area (Å²) < 4.78 is 9.97. The lowest BCUT2D eigenvalue weighted by Crippen LogP contribution is -2.45. The largest absolute Gasteiger partial charge is 0.467 e. The molecule has 0 bridgehead atoms. The molecule has 3 N–H and O–H groups in total. The summed E-state index contributed by atoms with van der Waals surface area (Å²) in [6, 6.07) is 6.61. The van der Waals surface area contributed by atoms with Crippen molar-refractivity contribution in [2.45, 2.75) is 38.8 Å². The molecule has 1 aromatic carbocycles. The predicted octanol–water partition coefficient (Wildman–Crippen LogP) is 2.30. The van der Waals surface area contributed by atoms with Crippen LogP contribution in [0.3, 0.4) is 0 Å². The highest BCUT2D eigenvalue weighted by Crippen LogP contribution is 2.15. The quantitative estimate of drug-likeness (QED) is 0.598. The Balaban J connectivity index is 2.88. The zero-order valence-electron chi connectivity index (χ0n) is 15.9. The molecule has 26 heavy (non-hydrogen) atoms. The highest BCUT2D eigenvalue weighted by molar-refractivity contribution is 6.09. The molecule has 0 fully saturated rings. The van der Waals surface area contributed by atoms with E-state index < -0.39 is 23.7 Å². The van der Waals surface area contributed by atoms with Crippen LogP contribution in [0, 0.1) is 0 Å². The van der Waals surface area contributed by atoms with E-state index >= 15 is 0 Å². The van der Waals surface area contributed by atoms with Crippen LogP contribution < -0.4 is 11.1 Å². The lowest BCUT2D eigenvalue weighted by molar-refractivity contribution is -0.143. The fraction of sp³-hybridized carbons (Fsp3) is 0.421. The minimum Gasteiger partial charge on any atom is -0.467 e. The molecule has 1 atom stereocenters. The van der Waals surface area contributed by atoms with Crippen LogP contribution in [-0.4, -0.2) is 44.1 Å². The number of allylic oxidation sites excluding steroid dienone is 1. The van der Waals surface area contributed by atoms with Crippen LogP contribution in [-0.2, 0) is 20.7 Å². The Bertz CT molecular complexity index is 673. The molecule has 0 aromatic heterocycles. The third kappa shape index (κ3) is 6.96. The molecule has 1 rings (SSSR count). The van der Waals surface area contributed by atoms with Crippen molar-refractivity contribution in [1.29, 1.82) is 0 Å². The van der Waals surface area contributed by atoms with E-state index in [2.05, 4.69) is 10.3 Å². The first-order valence-electron chi connectivity index (χ1n) is 8.21. The molecular weight excluding hydrogens is 334 g/mol. The maximum atomic E-state index is 12.0. The number of ether oxygens (including phenoxy) is 2. The number of benzene rings is 1. The van der Waals surface area contributed by atoms with Crippen LogP contribution in [0.5, 0.6) is 0 Å². The molecule has 1 amide bonds. The highest BCUT2D eigenvalue weighted by Gasteiger charge is 2.25. The lowest BCUT2D eigenvalue weighted by Gasteiger charge is -2.22. The van der Waals surface area contributed by atoms with Crippen LogP contribution in [0.1, 0.15) is 31.9 Å². The molecule has 7 heteroatoms. The molecule has 0 saturated carbocycles. The van der Waals surface area contributed by atoms with Crippen LogP contribution in [0.4, 0.5) is 4.79 Å². The van der Waals surface area contributed by atoms with Gasteiger partial charge in [0.1, 0.15) is 11.6 Å². The van der Waals surface area contributed by atoms with Gasteiger partial charge in [-0.2, -0.15) is 0 Å². The number of nitrogens with two attached hydrogens (primary N) is 1. The first-order valence-corrected chi connectivity index (χ1v) is 8.21. The monoisotopic (exact) mass is 361 g/mol. The smallest absolute Gasteiger partial charge is 0.408 e. The number of nitrogens with zero attached hydrogens (tertiary/aromatic N) is 1. The predicted molar refractivity (Wildman–Crippen MR) is 102 cm³/mol. The Labute approximate surface area is 154 Å². The number of carbonyl (C=O) groups excluding carboxylic acids is 2. The SMILES string of the molecule is CN=C/C(=C\N)c1ccc(C[C@H](NC(=O)OC(C)(C)C)C(=O)OC)cc1. The zero-order chi connectivity index (χ0) is 19.7. The fourth-order valence-corrected chi connectivity index (χ4v) is 2.21.